The van der Waals surface area contributed by atoms with Gasteiger partial charge in [0.05, 0.1) is 0 Å². The minimum atomic E-state index is 0.838. The van der Waals surface area contributed by atoms with E-state index in [4.69, 9.17) is 5.73 Å². The first kappa shape index (κ1) is 9.28. The van der Waals surface area contributed by atoms with E-state index in [1.165, 1.54) is 20.5 Å². The first-order valence-corrected chi connectivity index (χ1v) is 5.45. The van der Waals surface area contributed by atoms with Gasteiger partial charge in [0.1, 0.15) is 0 Å². The molecule has 0 aliphatic heterocycles. The molecule has 0 saturated heterocycles. The van der Waals surface area contributed by atoms with Crippen molar-refractivity contribution in [3.05, 3.63) is 34.7 Å². The third kappa shape index (κ3) is 1.42. The van der Waals surface area contributed by atoms with Crippen LogP contribution in [0, 0.1) is 6.92 Å². The van der Waals surface area contributed by atoms with Gasteiger partial charge in [0, 0.05) is 15.3 Å². The molecule has 1 aromatic heterocycles. The molecule has 2 aromatic rings. The van der Waals surface area contributed by atoms with Crippen LogP contribution in [-0.4, -0.2) is 0 Å². The molecule has 0 bridgehead atoms. The van der Waals surface area contributed by atoms with Crippen LogP contribution in [0.2, 0.25) is 0 Å². The number of rotatable bonds is 1. The van der Waals surface area contributed by atoms with Gasteiger partial charge in [-0.2, -0.15) is 0 Å². The van der Waals surface area contributed by atoms with Crippen LogP contribution in [0.25, 0.3) is 16.2 Å². The Labute approximate surface area is 87.9 Å². The second-order valence-electron chi connectivity index (χ2n) is 3.35. The van der Waals surface area contributed by atoms with E-state index < -0.39 is 0 Å². The normalized spacial score (nSPS) is 11.6. The van der Waals surface area contributed by atoms with Crippen molar-refractivity contribution in [1.29, 1.82) is 0 Å². The topological polar surface area (TPSA) is 26.0 Å². The number of fused-ring (bicyclic) bond motifs is 1. The summed E-state index contributed by atoms with van der Waals surface area (Å²) >= 11 is 1.81. The lowest BCUT2D eigenvalue weighted by Crippen LogP contribution is -1.82. The highest BCUT2D eigenvalue weighted by Crippen LogP contribution is 2.32. The van der Waals surface area contributed by atoms with Gasteiger partial charge in [-0.05, 0) is 49.1 Å². The third-order valence-corrected chi connectivity index (χ3v) is 3.55. The molecule has 2 rings (SSSR count). The molecule has 0 aliphatic rings. The third-order valence-electron chi connectivity index (χ3n) is 2.32. The van der Waals surface area contributed by atoms with Crippen LogP contribution >= 0.6 is 11.3 Å². The average Bonchev–Trinajstić information content (AvgIpc) is 2.46. The lowest BCUT2D eigenvalue weighted by molar-refractivity contribution is 1.57. The maximum Gasteiger partial charge on any atom is 0.0353 e. The lowest BCUT2D eigenvalue weighted by atomic mass is 10.1. The molecule has 0 fully saturated rings. The van der Waals surface area contributed by atoms with Crippen LogP contribution in [0.15, 0.2) is 24.3 Å². The molecule has 1 nitrogen and oxygen atoms in total. The zero-order valence-corrected chi connectivity index (χ0v) is 9.19. The number of aryl methyl sites for hydroxylation is 1. The zero-order chi connectivity index (χ0) is 10.1. The average molecular weight is 203 g/mol. The highest BCUT2D eigenvalue weighted by Gasteiger charge is 2.05. The molecule has 2 heteroatoms. The van der Waals surface area contributed by atoms with E-state index in [1.807, 2.05) is 30.4 Å². The minimum Gasteiger partial charge on any atom is -0.399 e. The molecular weight excluding hydrogens is 190 g/mol. The largest absolute Gasteiger partial charge is 0.399 e. The molecule has 0 spiro atoms. The van der Waals surface area contributed by atoms with Gasteiger partial charge in [0.25, 0.3) is 0 Å². The molecule has 1 heterocycles. The Morgan fingerprint density at radius 3 is 2.86 bits per heavy atom. The van der Waals surface area contributed by atoms with Gasteiger partial charge in [-0.1, -0.05) is 6.08 Å². The second kappa shape index (κ2) is 3.46. The van der Waals surface area contributed by atoms with E-state index in [-0.39, 0.29) is 0 Å². The maximum absolute atomic E-state index is 5.76. The summed E-state index contributed by atoms with van der Waals surface area (Å²) in [6.07, 6.45) is 4.22. The van der Waals surface area contributed by atoms with Crippen molar-refractivity contribution in [2.24, 2.45) is 0 Å². The Morgan fingerprint density at radius 1 is 1.36 bits per heavy atom. The van der Waals surface area contributed by atoms with Gasteiger partial charge < -0.3 is 5.73 Å². The van der Waals surface area contributed by atoms with Crippen molar-refractivity contribution >= 4 is 33.2 Å². The van der Waals surface area contributed by atoms with E-state index in [2.05, 4.69) is 25.1 Å². The smallest absolute Gasteiger partial charge is 0.0353 e. The fraction of sp³-hybridized carbons (Fsp3) is 0.167. The first-order chi connectivity index (χ1) is 6.72. The van der Waals surface area contributed by atoms with Gasteiger partial charge >= 0.3 is 0 Å². The second-order valence-corrected chi connectivity index (χ2v) is 4.43. The van der Waals surface area contributed by atoms with Gasteiger partial charge in [-0.3, -0.25) is 0 Å². The number of hydrogen-bond acceptors (Lipinski definition) is 2. The number of nitrogen functional groups attached to an aromatic ring is 1. The quantitative estimate of drug-likeness (QED) is 0.700. The molecule has 14 heavy (non-hydrogen) atoms. The molecule has 0 radical (unpaired) electrons. The monoisotopic (exact) mass is 203 g/mol. The SMILES string of the molecule is C/C=C\c1sc2ccc(N)cc2c1C. The highest BCUT2D eigenvalue weighted by molar-refractivity contribution is 7.20. The number of benzene rings is 1. The minimum absolute atomic E-state index is 0.838. The zero-order valence-electron chi connectivity index (χ0n) is 8.37. The van der Waals surface area contributed by atoms with Crippen LogP contribution in [-0.2, 0) is 0 Å². The molecule has 0 amide bonds. The molecular formula is C12H13NS. The summed E-state index contributed by atoms with van der Waals surface area (Å²) in [4.78, 5) is 1.33. The van der Waals surface area contributed by atoms with Crippen molar-refractivity contribution in [3.63, 3.8) is 0 Å². The Hall–Kier alpha value is -1.28. The summed E-state index contributed by atoms with van der Waals surface area (Å²) in [5.41, 5.74) is 7.93. The molecule has 0 aliphatic carbocycles. The van der Waals surface area contributed by atoms with Crippen molar-refractivity contribution < 1.29 is 0 Å². The number of nitrogens with two attached hydrogens (primary N) is 1. The Kier molecular flexibility index (Phi) is 2.30. The Morgan fingerprint density at radius 2 is 2.14 bits per heavy atom. The van der Waals surface area contributed by atoms with Crippen molar-refractivity contribution in [3.8, 4) is 0 Å². The first-order valence-electron chi connectivity index (χ1n) is 4.63. The molecule has 0 unspecified atom stereocenters. The van der Waals surface area contributed by atoms with E-state index in [0.29, 0.717) is 0 Å². The molecule has 72 valence electrons. The van der Waals surface area contributed by atoms with E-state index in [0.717, 1.165) is 5.69 Å². The van der Waals surface area contributed by atoms with Gasteiger partial charge in [-0.25, -0.2) is 0 Å². The van der Waals surface area contributed by atoms with Gasteiger partial charge in [-0.15, -0.1) is 11.3 Å². The van der Waals surface area contributed by atoms with Crippen molar-refractivity contribution in [2.45, 2.75) is 13.8 Å². The summed E-state index contributed by atoms with van der Waals surface area (Å²) in [6.45, 7) is 4.19. The predicted molar refractivity (Wildman–Crippen MR) is 65.7 cm³/mol. The molecule has 1 aromatic carbocycles. The summed E-state index contributed by atoms with van der Waals surface area (Å²) in [6, 6.07) is 6.10. The summed E-state index contributed by atoms with van der Waals surface area (Å²) < 4.78 is 1.31. The number of allylic oxidation sites excluding steroid dienone is 1. The fourth-order valence-corrected chi connectivity index (χ4v) is 2.73. The van der Waals surface area contributed by atoms with E-state index in [9.17, 15) is 0 Å². The Bertz CT molecular complexity index is 494. The van der Waals surface area contributed by atoms with Gasteiger partial charge in [0.2, 0.25) is 0 Å². The summed E-state index contributed by atoms with van der Waals surface area (Å²) in [5, 5.41) is 1.28. The number of anilines is 1. The fourth-order valence-electron chi connectivity index (χ4n) is 1.57. The lowest BCUT2D eigenvalue weighted by Gasteiger charge is -1.94. The summed E-state index contributed by atoms with van der Waals surface area (Å²) in [5.74, 6) is 0. The standard InChI is InChI=1S/C12H13NS/c1-3-4-11-8(2)10-7-9(13)5-6-12(10)14-11/h3-7H,13H2,1-2H3/b4-3-. The highest BCUT2D eigenvalue weighted by atomic mass is 32.1. The molecule has 0 atom stereocenters. The van der Waals surface area contributed by atoms with Crippen LogP contribution in [0.1, 0.15) is 17.4 Å². The van der Waals surface area contributed by atoms with Crippen LogP contribution in [0.3, 0.4) is 0 Å². The number of hydrogen-bond donors (Lipinski definition) is 1. The van der Waals surface area contributed by atoms with Crippen LogP contribution in [0.5, 0.6) is 0 Å². The molecule has 0 saturated carbocycles. The van der Waals surface area contributed by atoms with E-state index in [1.54, 1.807) is 0 Å². The number of thiophene rings is 1. The van der Waals surface area contributed by atoms with Crippen molar-refractivity contribution in [2.75, 3.05) is 5.73 Å². The van der Waals surface area contributed by atoms with Crippen LogP contribution < -0.4 is 5.73 Å². The van der Waals surface area contributed by atoms with E-state index >= 15 is 0 Å². The van der Waals surface area contributed by atoms with Crippen molar-refractivity contribution in [1.82, 2.24) is 0 Å². The predicted octanol–water partition coefficient (Wildman–Crippen LogP) is 3.83. The molecule has 2 N–H and O–H groups in total. The van der Waals surface area contributed by atoms with Crippen LogP contribution in [0.4, 0.5) is 5.69 Å². The maximum atomic E-state index is 5.76. The Balaban J connectivity index is 2.74. The van der Waals surface area contributed by atoms with Gasteiger partial charge in [0.15, 0.2) is 0 Å². The summed E-state index contributed by atoms with van der Waals surface area (Å²) in [7, 11) is 0.